The highest BCUT2D eigenvalue weighted by molar-refractivity contribution is 7.20. The Labute approximate surface area is 444 Å². The zero-order valence-corrected chi connectivity index (χ0v) is 41.9. The van der Waals surface area contributed by atoms with Gasteiger partial charge in [-0.3, -0.25) is 4.79 Å². The first-order valence-corrected chi connectivity index (χ1v) is 25.2. The predicted octanol–water partition coefficient (Wildman–Crippen LogP) is 14.7. The fraction of sp³-hybridized carbons (Fsp3) is 0.298. The Kier molecular flexibility index (Phi) is 19.2. The summed E-state index contributed by atoms with van der Waals surface area (Å²) in [7, 11) is 0. The van der Waals surface area contributed by atoms with E-state index in [1.165, 1.54) is 99.9 Å². The van der Waals surface area contributed by atoms with Crippen molar-refractivity contribution >= 4 is 44.6 Å². The highest BCUT2D eigenvalue weighted by Gasteiger charge is 2.52. The van der Waals surface area contributed by atoms with Gasteiger partial charge < -0.3 is 0 Å². The van der Waals surface area contributed by atoms with Crippen molar-refractivity contribution < 1.29 is 97.2 Å². The fourth-order valence-corrected chi connectivity index (χ4v) is 10.9. The van der Waals surface area contributed by atoms with Crippen LogP contribution in [0, 0.1) is 122 Å². The van der Waals surface area contributed by atoms with Gasteiger partial charge in [0.25, 0.3) is 0 Å². The molecule has 8 rings (SSSR count). The quantitative estimate of drug-likeness (QED) is 0.0169. The molecule has 23 heteroatoms. The van der Waals surface area contributed by atoms with Crippen LogP contribution in [0.5, 0.6) is 0 Å². The second-order valence-electron chi connectivity index (χ2n) is 19.5. The van der Waals surface area contributed by atoms with Gasteiger partial charge in [-0.25, -0.2) is 87.8 Å². The molecule has 0 aliphatic heterocycles. The largest absolute Gasteiger partial charge is 0.287 e. The summed E-state index contributed by atoms with van der Waals surface area (Å²) >= 11 is 0. The van der Waals surface area contributed by atoms with Crippen LogP contribution in [0.4, 0.5) is 87.8 Å². The number of aromatic nitrogens is 1. The van der Waals surface area contributed by atoms with E-state index in [0.29, 0.717) is 12.5 Å². The molecule has 0 spiro atoms. The summed E-state index contributed by atoms with van der Waals surface area (Å²) in [4.78, 5) is 13.1. The number of benzene rings is 6. The number of rotatable bonds is 17. The Morgan fingerprint density at radius 3 is 1.14 bits per heavy atom. The molecule has 1 aliphatic rings. The molecule has 6 aromatic carbocycles. The number of fused-ring (bicyclic) bond motifs is 1. The molecule has 1 saturated carbocycles. The van der Waals surface area contributed by atoms with Gasteiger partial charge in [0.2, 0.25) is 12.3 Å². The van der Waals surface area contributed by atoms with Crippen molar-refractivity contribution in [1.82, 2.24) is 0 Å². The summed E-state index contributed by atoms with van der Waals surface area (Å²) in [6, 6.07) is 20.6. The van der Waals surface area contributed by atoms with Gasteiger partial charge >= 0.3 is 0 Å². The van der Waals surface area contributed by atoms with Crippen LogP contribution in [0.25, 0.3) is 10.8 Å². The molecule has 0 N–H and O–H groups in total. The molecule has 0 saturated heterocycles. The highest BCUT2D eigenvalue weighted by atomic mass is 19.2. The third kappa shape index (κ3) is 11.1. The molecule has 0 radical (unpaired) electrons. The van der Waals surface area contributed by atoms with Crippen molar-refractivity contribution in [3.63, 3.8) is 0 Å². The Morgan fingerprint density at radius 1 is 0.412 bits per heavy atom. The molecule has 0 bridgehead atoms. The van der Waals surface area contributed by atoms with Gasteiger partial charge in [0.15, 0.2) is 81.7 Å². The molecule has 426 valence electrons. The lowest BCUT2D eigenvalue weighted by Gasteiger charge is -2.44. The first-order valence-electron chi connectivity index (χ1n) is 25.2. The number of nitrogens with zero attached hydrogens (tertiary/aromatic N) is 1. The Morgan fingerprint density at radius 2 is 0.750 bits per heavy atom. The van der Waals surface area contributed by atoms with E-state index in [0.717, 1.165) is 11.5 Å². The van der Waals surface area contributed by atoms with Crippen LogP contribution in [0.1, 0.15) is 112 Å². The smallest absolute Gasteiger partial charge is 0.227 e. The summed E-state index contributed by atoms with van der Waals surface area (Å²) in [6.07, 6.45) is 12.7. The maximum absolute atomic E-state index is 15.4. The Hall–Kier alpha value is -6.94. The first kappa shape index (κ1) is 60.7. The van der Waals surface area contributed by atoms with Gasteiger partial charge in [-0.1, -0.05) is 113 Å². The highest BCUT2D eigenvalue weighted by Crippen LogP contribution is 2.39. The number of carbonyl (C=O) groups is 1. The third-order valence-electron chi connectivity index (χ3n) is 14.8. The number of unbranched alkanes of at least 4 members (excludes halogenated alkanes) is 7. The maximum atomic E-state index is 15.4. The number of Topliss-reactive ketones (excluding diaryl/α,β-unsaturated/α-hetero) is 1. The van der Waals surface area contributed by atoms with E-state index in [2.05, 4.69) is 48.0 Å². The second kappa shape index (κ2) is 25.2. The zero-order valence-electron chi connectivity index (χ0n) is 41.9. The lowest BCUT2D eigenvalue weighted by Crippen LogP contribution is -2.81. The second-order valence-corrected chi connectivity index (χ2v) is 19.5. The molecule has 1 aliphatic carbocycles. The predicted molar refractivity (Wildman–Crippen MR) is 256 cm³/mol. The van der Waals surface area contributed by atoms with Crippen LogP contribution in [0.2, 0.25) is 0 Å². The minimum absolute atomic E-state index is 0.190. The van der Waals surface area contributed by atoms with Crippen LogP contribution in [0.15, 0.2) is 66.9 Å². The van der Waals surface area contributed by atoms with E-state index < -0.39 is 144 Å². The number of pyridine rings is 1. The van der Waals surface area contributed by atoms with Crippen molar-refractivity contribution in [3.05, 3.63) is 194 Å². The van der Waals surface area contributed by atoms with Crippen molar-refractivity contribution in [2.24, 2.45) is 5.92 Å². The monoisotopic (exact) mass is 1150 g/mol. The number of halogens is 20. The van der Waals surface area contributed by atoms with E-state index in [-0.39, 0.29) is 5.78 Å². The minimum Gasteiger partial charge on any atom is -0.287 e. The lowest BCUT2D eigenvalue weighted by molar-refractivity contribution is -0.690. The van der Waals surface area contributed by atoms with Crippen molar-refractivity contribution in [2.75, 3.05) is 0 Å². The van der Waals surface area contributed by atoms with Gasteiger partial charge in [0.05, 0.1) is 0 Å². The van der Waals surface area contributed by atoms with Gasteiger partial charge in [-0.05, 0) is 43.1 Å². The first-order chi connectivity index (χ1) is 38.0. The molecule has 2 nitrogen and oxygen atoms in total. The number of hydrogen-bond acceptors (Lipinski definition) is 1. The summed E-state index contributed by atoms with van der Waals surface area (Å²) in [6.45, 7) is 2.71. The Balaban J connectivity index is 0.000000238. The topological polar surface area (TPSA) is 20.9 Å². The standard InChI is InChI=1S/C33H44NO.C24BF20/c1-2-3-4-5-6-7-8-10-15-27-20-22-30(23-21-27)33-31-19-14-13-16-28(31)24-25-34(33)26-32(35)29-17-11-9-12-18-29;26-5-1(6(27)14(35)21(42)13(5)34)25(2-7(28)15(36)22(43)16(37)8(2)29,3-9(30)17(38)23(44)18(39)10(3)31)4-11(32)19(40)24(45)20(41)12(4)33/h9,11-14,16-19,24-25,27,30H,2-8,10,15,20-23,26H2,1H3;/q+1;-1. The van der Waals surface area contributed by atoms with Crippen molar-refractivity contribution in [3.8, 4) is 0 Å². The molecule has 1 aromatic heterocycles. The maximum Gasteiger partial charge on any atom is 0.227 e. The van der Waals surface area contributed by atoms with Crippen LogP contribution in [-0.4, -0.2) is 11.9 Å². The van der Waals surface area contributed by atoms with E-state index >= 15 is 35.1 Å². The minimum atomic E-state index is -7.22. The zero-order chi connectivity index (χ0) is 58.7. The fourth-order valence-electron chi connectivity index (χ4n) is 10.9. The molecule has 1 heterocycles. The summed E-state index contributed by atoms with van der Waals surface area (Å²) < 4.78 is 296. The van der Waals surface area contributed by atoms with E-state index in [4.69, 9.17) is 0 Å². The average molecular weight is 1150 g/mol. The average Bonchev–Trinajstić information content (AvgIpc) is 2.50. The van der Waals surface area contributed by atoms with Gasteiger partial charge in [0, 0.05) is 22.9 Å². The van der Waals surface area contributed by atoms with Crippen molar-refractivity contribution in [1.29, 1.82) is 0 Å². The molecule has 0 atom stereocenters. The molecule has 80 heavy (non-hydrogen) atoms. The van der Waals surface area contributed by atoms with Gasteiger partial charge in [-0.15, -0.1) is 21.9 Å². The molecule has 1 fully saturated rings. The van der Waals surface area contributed by atoms with Crippen LogP contribution < -0.4 is 26.4 Å². The van der Waals surface area contributed by atoms with Crippen molar-refractivity contribution in [2.45, 2.75) is 103 Å². The number of carbonyl (C=O) groups excluding carboxylic acids is 1. The Bertz CT molecular complexity index is 3080. The van der Waals surface area contributed by atoms with E-state index in [1.807, 2.05) is 30.3 Å². The number of ketones is 1. The summed E-state index contributed by atoms with van der Waals surface area (Å²) in [5.74, 6) is -69.8. The SMILES string of the molecule is CCCCCCCCCCC1CCC(c2c3ccccc3cc[n+]2CC(=O)c2ccccc2)CC1.Fc1c(F)c(F)c([B-](c2c(F)c(F)c(F)c(F)c2F)(c2c(F)c(F)c(F)c(F)c2F)c2c(F)c(F)c(F)c(F)c2F)c(F)c1F. The normalized spacial score (nSPS) is 14.7. The van der Waals surface area contributed by atoms with Crippen LogP contribution >= 0.6 is 0 Å². The summed E-state index contributed by atoms with van der Waals surface area (Å²) in [5, 5.41) is 2.61. The molecular weight excluding hydrogens is 1110 g/mol. The molecule has 0 unspecified atom stereocenters. The van der Waals surface area contributed by atoms with E-state index in [9.17, 15) is 57.5 Å². The van der Waals surface area contributed by atoms with Crippen LogP contribution in [0.3, 0.4) is 0 Å². The summed E-state index contributed by atoms with van der Waals surface area (Å²) in [5.41, 5.74) is -12.2. The lowest BCUT2D eigenvalue weighted by atomic mass is 9.12. The molecule has 7 aromatic rings. The van der Waals surface area contributed by atoms with Gasteiger partial charge in [0.1, 0.15) is 52.7 Å². The molecular formula is C57H44BF20NO. The van der Waals surface area contributed by atoms with Gasteiger partial charge in [-0.2, -0.15) is 4.57 Å². The third-order valence-corrected chi connectivity index (χ3v) is 14.8. The van der Waals surface area contributed by atoms with E-state index in [1.54, 1.807) is 0 Å². The number of hydrogen-bond donors (Lipinski definition) is 0. The van der Waals surface area contributed by atoms with Crippen LogP contribution in [-0.2, 0) is 6.54 Å². The molecule has 0 amide bonds.